The monoisotopic (exact) mass is 379 g/mol. The Bertz CT molecular complexity index is 614. The fourth-order valence-corrected chi connectivity index (χ4v) is 2.59. The van der Waals surface area contributed by atoms with Crippen molar-refractivity contribution in [2.75, 3.05) is 40.0 Å². The van der Waals surface area contributed by atoms with Crippen molar-refractivity contribution in [3.8, 4) is 5.75 Å². The second-order valence-electron chi connectivity index (χ2n) is 6.65. The van der Waals surface area contributed by atoms with E-state index in [1.54, 1.807) is 14.0 Å². The van der Waals surface area contributed by atoms with Crippen LogP contribution in [0.15, 0.2) is 24.3 Å². The third-order valence-corrected chi connectivity index (χ3v) is 4.43. The van der Waals surface area contributed by atoms with Crippen molar-refractivity contribution in [1.82, 2.24) is 4.90 Å². The Kier molecular flexibility index (Phi) is 8.54. The van der Waals surface area contributed by atoms with E-state index < -0.39 is 12.1 Å². The second kappa shape index (κ2) is 10.9. The SMILES string of the molecule is Cc1ccccc1OCCN(C)C(=O)COC(=O)C(C)OCC1CCCO1. The summed E-state index contributed by atoms with van der Waals surface area (Å²) in [6.07, 6.45) is 1.27. The summed E-state index contributed by atoms with van der Waals surface area (Å²) < 4.78 is 21.6. The Morgan fingerprint density at radius 3 is 2.81 bits per heavy atom. The van der Waals surface area contributed by atoms with Crippen molar-refractivity contribution in [2.45, 2.75) is 38.9 Å². The highest BCUT2D eigenvalue weighted by Crippen LogP contribution is 2.16. The zero-order valence-electron chi connectivity index (χ0n) is 16.3. The highest BCUT2D eigenvalue weighted by atomic mass is 16.6. The van der Waals surface area contributed by atoms with Gasteiger partial charge in [-0.1, -0.05) is 18.2 Å². The molecule has 7 nitrogen and oxygen atoms in total. The summed E-state index contributed by atoms with van der Waals surface area (Å²) in [7, 11) is 1.65. The number of carbonyl (C=O) groups is 2. The lowest BCUT2D eigenvalue weighted by molar-refractivity contribution is -0.162. The van der Waals surface area contributed by atoms with Crippen molar-refractivity contribution >= 4 is 11.9 Å². The van der Waals surface area contributed by atoms with E-state index in [0.29, 0.717) is 19.8 Å². The molecule has 2 unspecified atom stereocenters. The number of aryl methyl sites for hydroxylation is 1. The van der Waals surface area contributed by atoms with E-state index in [1.165, 1.54) is 4.90 Å². The van der Waals surface area contributed by atoms with Gasteiger partial charge in [-0.05, 0) is 38.3 Å². The Morgan fingerprint density at radius 1 is 1.33 bits per heavy atom. The molecule has 0 N–H and O–H groups in total. The average Bonchev–Trinajstić information content (AvgIpc) is 3.18. The number of hydrogen-bond acceptors (Lipinski definition) is 6. The number of nitrogens with zero attached hydrogens (tertiary/aromatic N) is 1. The van der Waals surface area contributed by atoms with E-state index in [0.717, 1.165) is 30.8 Å². The molecule has 1 aliphatic heterocycles. The molecule has 0 saturated carbocycles. The number of esters is 1. The standard InChI is InChI=1S/C20H29NO6/c1-15-7-4-5-9-18(15)25-12-10-21(3)19(22)14-27-20(23)16(2)26-13-17-8-6-11-24-17/h4-5,7,9,16-17H,6,8,10-14H2,1-3H3. The molecule has 0 radical (unpaired) electrons. The third kappa shape index (κ3) is 7.19. The topological polar surface area (TPSA) is 74.3 Å². The number of hydrogen-bond donors (Lipinski definition) is 0. The number of carbonyl (C=O) groups excluding carboxylic acids is 2. The Labute approximate surface area is 160 Å². The van der Waals surface area contributed by atoms with Crippen LogP contribution in [0.2, 0.25) is 0 Å². The van der Waals surface area contributed by atoms with Gasteiger partial charge in [-0.15, -0.1) is 0 Å². The summed E-state index contributed by atoms with van der Waals surface area (Å²) in [5.41, 5.74) is 1.04. The van der Waals surface area contributed by atoms with Gasteiger partial charge < -0.3 is 23.8 Å². The van der Waals surface area contributed by atoms with Gasteiger partial charge in [-0.2, -0.15) is 0 Å². The van der Waals surface area contributed by atoms with Crippen molar-refractivity contribution in [3.05, 3.63) is 29.8 Å². The summed E-state index contributed by atoms with van der Waals surface area (Å²) in [5, 5.41) is 0. The van der Waals surface area contributed by atoms with Crippen molar-refractivity contribution in [1.29, 1.82) is 0 Å². The van der Waals surface area contributed by atoms with E-state index in [1.807, 2.05) is 31.2 Å². The largest absolute Gasteiger partial charge is 0.491 e. The maximum Gasteiger partial charge on any atom is 0.335 e. The predicted molar refractivity (Wildman–Crippen MR) is 99.7 cm³/mol. The van der Waals surface area contributed by atoms with Gasteiger partial charge in [-0.3, -0.25) is 4.79 Å². The number of rotatable bonds is 10. The molecule has 1 amide bonds. The quantitative estimate of drug-likeness (QED) is 0.579. The first-order valence-electron chi connectivity index (χ1n) is 9.29. The first kappa shape index (κ1) is 21.2. The van der Waals surface area contributed by atoms with Gasteiger partial charge in [0, 0.05) is 13.7 Å². The van der Waals surface area contributed by atoms with Crippen LogP contribution in [0.25, 0.3) is 0 Å². The molecule has 1 fully saturated rings. The molecule has 150 valence electrons. The Balaban J connectivity index is 1.61. The Morgan fingerprint density at radius 2 is 2.11 bits per heavy atom. The second-order valence-corrected chi connectivity index (χ2v) is 6.65. The molecule has 1 aromatic carbocycles. The minimum absolute atomic E-state index is 0.0428. The van der Waals surface area contributed by atoms with Crippen molar-refractivity contribution in [3.63, 3.8) is 0 Å². The normalized spacial score (nSPS) is 17.4. The van der Waals surface area contributed by atoms with E-state index >= 15 is 0 Å². The number of likely N-dealkylation sites (N-methyl/N-ethyl adjacent to an activating group) is 1. The lowest BCUT2D eigenvalue weighted by Crippen LogP contribution is -2.36. The minimum Gasteiger partial charge on any atom is -0.491 e. The minimum atomic E-state index is -0.725. The molecule has 0 spiro atoms. The van der Waals surface area contributed by atoms with Crippen molar-refractivity contribution in [2.24, 2.45) is 0 Å². The summed E-state index contributed by atoms with van der Waals surface area (Å²) in [4.78, 5) is 25.5. The summed E-state index contributed by atoms with van der Waals surface area (Å²) in [6, 6.07) is 7.69. The molecular formula is C20H29NO6. The highest BCUT2D eigenvalue weighted by Gasteiger charge is 2.22. The summed E-state index contributed by atoms with van der Waals surface area (Å²) in [6.45, 7) is 5.12. The molecule has 1 saturated heterocycles. The predicted octanol–water partition coefficient (Wildman–Crippen LogP) is 1.96. The number of amides is 1. The van der Waals surface area contributed by atoms with Crippen LogP contribution in [0.4, 0.5) is 0 Å². The fraction of sp³-hybridized carbons (Fsp3) is 0.600. The van der Waals surface area contributed by atoms with Gasteiger partial charge in [0.25, 0.3) is 5.91 Å². The first-order valence-corrected chi connectivity index (χ1v) is 9.29. The lowest BCUT2D eigenvalue weighted by atomic mass is 10.2. The van der Waals surface area contributed by atoms with E-state index in [9.17, 15) is 9.59 Å². The molecule has 27 heavy (non-hydrogen) atoms. The molecular weight excluding hydrogens is 350 g/mol. The van der Waals surface area contributed by atoms with Crippen LogP contribution < -0.4 is 4.74 Å². The van der Waals surface area contributed by atoms with Gasteiger partial charge >= 0.3 is 5.97 Å². The molecule has 2 rings (SSSR count). The molecule has 0 bridgehead atoms. The van der Waals surface area contributed by atoms with Crippen LogP contribution in [0.1, 0.15) is 25.3 Å². The number of benzene rings is 1. The zero-order valence-corrected chi connectivity index (χ0v) is 16.3. The Hall–Kier alpha value is -2.12. The molecule has 1 aliphatic rings. The lowest BCUT2D eigenvalue weighted by Gasteiger charge is -2.19. The summed E-state index contributed by atoms with van der Waals surface area (Å²) >= 11 is 0. The van der Waals surface area contributed by atoms with Crippen LogP contribution >= 0.6 is 0 Å². The molecule has 2 atom stereocenters. The summed E-state index contributed by atoms with van der Waals surface area (Å²) in [5.74, 6) is -0.0454. The van der Waals surface area contributed by atoms with Gasteiger partial charge in [0.2, 0.25) is 0 Å². The van der Waals surface area contributed by atoms with Gasteiger partial charge in [-0.25, -0.2) is 4.79 Å². The zero-order chi connectivity index (χ0) is 19.6. The van der Waals surface area contributed by atoms with Crippen molar-refractivity contribution < 1.29 is 28.5 Å². The van der Waals surface area contributed by atoms with Crippen LogP contribution in [-0.2, 0) is 23.8 Å². The molecule has 0 aliphatic carbocycles. The number of ether oxygens (including phenoxy) is 4. The van der Waals surface area contributed by atoms with Crippen LogP contribution in [-0.4, -0.2) is 69.0 Å². The van der Waals surface area contributed by atoms with Crippen LogP contribution in [0.3, 0.4) is 0 Å². The van der Waals surface area contributed by atoms with E-state index in [2.05, 4.69) is 0 Å². The highest BCUT2D eigenvalue weighted by molar-refractivity contribution is 5.81. The number of para-hydroxylation sites is 1. The van der Waals surface area contributed by atoms with Crippen LogP contribution in [0.5, 0.6) is 5.75 Å². The average molecular weight is 379 g/mol. The maximum absolute atomic E-state index is 12.1. The molecule has 1 heterocycles. The molecule has 7 heteroatoms. The fourth-order valence-electron chi connectivity index (χ4n) is 2.59. The third-order valence-electron chi connectivity index (χ3n) is 4.43. The smallest absolute Gasteiger partial charge is 0.335 e. The van der Waals surface area contributed by atoms with Gasteiger partial charge in [0.1, 0.15) is 12.4 Å². The van der Waals surface area contributed by atoms with E-state index in [-0.39, 0.29) is 18.6 Å². The van der Waals surface area contributed by atoms with Gasteiger partial charge in [0.15, 0.2) is 12.7 Å². The van der Waals surface area contributed by atoms with Crippen LogP contribution in [0, 0.1) is 6.92 Å². The maximum atomic E-state index is 12.1. The molecule has 1 aromatic rings. The van der Waals surface area contributed by atoms with E-state index in [4.69, 9.17) is 18.9 Å². The molecule has 0 aromatic heterocycles. The van der Waals surface area contributed by atoms with Gasteiger partial charge in [0.05, 0.1) is 19.3 Å². The first-order chi connectivity index (χ1) is 13.0.